The van der Waals surface area contributed by atoms with Crippen molar-refractivity contribution in [2.45, 2.75) is 46.0 Å². The summed E-state index contributed by atoms with van der Waals surface area (Å²) in [5.41, 5.74) is 1.61. The SMILES string of the molecule is CCOC(=O)c1c(NC(=O)CN2CCN(C(=O)C3CC3)CC2)sc2c1CC[C@@H](C)C2. The number of ether oxygens (including phenoxy) is 1. The summed E-state index contributed by atoms with van der Waals surface area (Å²) in [5, 5.41) is 3.61. The smallest absolute Gasteiger partial charge is 0.341 e. The van der Waals surface area contributed by atoms with E-state index in [2.05, 4.69) is 17.1 Å². The number of anilines is 1. The van der Waals surface area contributed by atoms with E-state index >= 15 is 0 Å². The van der Waals surface area contributed by atoms with Gasteiger partial charge < -0.3 is 15.0 Å². The zero-order valence-corrected chi connectivity index (χ0v) is 18.7. The molecule has 7 nitrogen and oxygen atoms in total. The van der Waals surface area contributed by atoms with E-state index in [1.807, 2.05) is 4.90 Å². The van der Waals surface area contributed by atoms with E-state index in [0.717, 1.165) is 37.7 Å². The van der Waals surface area contributed by atoms with Crippen LogP contribution in [0.25, 0.3) is 0 Å². The van der Waals surface area contributed by atoms with Crippen molar-refractivity contribution >= 4 is 34.1 Å². The third kappa shape index (κ3) is 4.70. The minimum atomic E-state index is -0.341. The first kappa shape index (κ1) is 21.3. The molecule has 30 heavy (non-hydrogen) atoms. The quantitative estimate of drug-likeness (QED) is 0.698. The molecule has 1 aromatic rings. The average Bonchev–Trinajstić information content (AvgIpc) is 3.50. The van der Waals surface area contributed by atoms with Gasteiger partial charge in [0.15, 0.2) is 0 Å². The van der Waals surface area contributed by atoms with E-state index in [0.29, 0.717) is 49.3 Å². The molecule has 4 rings (SSSR count). The van der Waals surface area contributed by atoms with E-state index in [1.54, 1.807) is 6.92 Å². The highest BCUT2D eigenvalue weighted by Gasteiger charge is 2.35. The number of carbonyl (C=O) groups excluding carboxylic acids is 3. The van der Waals surface area contributed by atoms with E-state index in [4.69, 9.17) is 4.74 Å². The summed E-state index contributed by atoms with van der Waals surface area (Å²) in [5.74, 6) is 0.649. The van der Waals surface area contributed by atoms with Crippen molar-refractivity contribution in [1.29, 1.82) is 0 Å². The fourth-order valence-electron chi connectivity index (χ4n) is 4.34. The standard InChI is InChI=1S/C22H31N3O4S/c1-3-29-22(28)19-16-7-4-14(2)12-17(16)30-20(19)23-18(26)13-24-8-10-25(11-9-24)21(27)15-5-6-15/h14-15H,3-13H2,1-2H3,(H,23,26)/t14-/m1/s1. The van der Waals surface area contributed by atoms with Gasteiger partial charge in [0, 0.05) is 37.0 Å². The second-order valence-corrected chi connectivity index (χ2v) is 9.81. The summed E-state index contributed by atoms with van der Waals surface area (Å²) in [4.78, 5) is 42.7. The molecule has 1 atom stereocenters. The molecule has 0 unspecified atom stereocenters. The van der Waals surface area contributed by atoms with Gasteiger partial charge >= 0.3 is 5.97 Å². The summed E-state index contributed by atoms with van der Waals surface area (Å²) in [6.07, 6.45) is 4.89. The Bertz CT molecular complexity index is 825. The zero-order valence-electron chi connectivity index (χ0n) is 17.9. The van der Waals surface area contributed by atoms with Gasteiger partial charge in [0.1, 0.15) is 5.00 Å². The fraction of sp³-hybridized carbons (Fsp3) is 0.682. The molecule has 1 aromatic heterocycles. The van der Waals surface area contributed by atoms with Gasteiger partial charge in [-0.05, 0) is 50.5 Å². The molecule has 1 saturated carbocycles. The molecule has 0 spiro atoms. The number of amides is 2. The van der Waals surface area contributed by atoms with Crippen LogP contribution in [-0.2, 0) is 27.2 Å². The number of hydrogen-bond donors (Lipinski definition) is 1. The molecule has 0 aromatic carbocycles. The molecule has 1 saturated heterocycles. The van der Waals surface area contributed by atoms with Gasteiger partial charge in [0.2, 0.25) is 11.8 Å². The first-order valence-corrected chi connectivity index (χ1v) is 11.9. The Balaban J connectivity index is 1.38. The Labute approximate surface area is 181 Å². The van der Waals surface area contributed by atoms with Crippen LogP contribution in [0.5, 0.6) is 0 Å². The van der Waals surface area contributed by atoms with Crippen molar-refractivity contribution < 1.29 is 19.1 Å². The summed E-state index contributed by atoms with van der Waals surface area (Å²) in [7, 11) is 0. The highest BCUT2D eigenvalue weighted by molar-refractivity contribution is 7.17. The molecule has 0 bridgehead atoms. The number of nitrogens with one attached hydrogen (secondary N) is 1. The van der Waals surface area contributed by atoms with E-state index in [-0.39, 0.29) is 30.2 Å². The van der Waals surface area contributed by atoms with Gasteiger partial charge in [-0.2, -0.15) is 0 Å². The first-order valence-electron chi connectivity index (χ1n) is 11.1. The van der Waals surface area contributed by atoms with Crippen molar-refractivity contribution in [3.05, 3.63) is 16.0 Å². The van der Waals surface area contributed by atoms with Crippen LogP contribution in [0.1, 0.15) is 53.9 Å². The van der Waals surface area contributed by atoms with Crippen LogP contribution in [0, 0.1) is 11.8 Å². The summed E-state index contributed by atoms with van der Waals surface area (Å²) >= 11 is 1.52. The largest absolute Gasteiger partial charge is 0.462 e. The van der Waals surface area contributed by atoms with E-state index in [1.165, 1.54) is 16.2 Å². The summed E-state index contributed by atoms with van der Waals surface area (Å²) < 4.78 is 5.28. The predicted molar refractivity (Wildman–Crippen MR) is 116 cm³/mol. The van der Waals surface area contributed by atoms with Crippen molar-refractivity contribution in [3.63, 3.8) is 0 Å². The molecular weight excluding hydrogens is 402 g/mol. The normalized spacial score (nSPS) is 21.8. The molecule has 2 aliphatic carbocycles. The summed E-state index contributed by atoms with van der Waals surface area (Å²) in [6, 6.07) is 0. The van der Waals surface area contributed by atoms with Gasteiger partial charge in [0.25, 0.3) is 0 Å². The number of piperazine rings is 1. The molecule has 8 heteroatoms. The Hall–Kier alpha value is -1.93. The highest BCUT2D eigenvalue weighted by Crippen LogP contribution is 2.40. The lowest BCUT2D eigenvalue weighted by Crippen LogP contribution is -2.50. The molecule has 0 radical (unpaired) electrons. The number of carbonyl (C=O) groups is 3. The summed E-state index contributed by atoms with van der Waals surface area (Å²) in [6.45, 7) is 7.38. The number of nitrogens with zero attached hydrogens (tertiary/aromatic N) is 2. The van der Waals surface area contributed by atoms with E-state index < -0.39 is 0 Å². The molecule has 2 fully saturated rings. The monoisotopic (exact) mass is 433 g/mol. The minimum Gasteiger partial charge on any atom is -0.462 e. The second-order valence-electron chi connectivity index (χ2n) is 8.70. The fourth-order valence-corrected chi connectivity index (χ4v) is 5.76. The lowest BCUT2D eigenvalue weighted by atomic mass is 9.88. The maximum absolute atomic E-state index is 12.7. The van der Waals surface area contributed by atoms with E-state index in [9.17, 15) is 14.4 Å². The van der Waals surface area contributed by atoms with Crippen LogP contribution in [0.4, 0.5) is 5.00 Å². The lowest BCUT2D eigenvalue weighted by Gasteiger charge is -2.34. The van der Waals surface area contributed by atoms with Gasteiger partial charge in [-0.1, -0.05) is 6.92 Å². The predicted octanol–water partition coefficient (Wildman–Crippen LogP) is 2.54. The number of hydrogen-bond acceptors (Lipinski definition) is 6. The minimum absolute atomic E-state index is 0.117. The molecule has 164 valence electrons. The van der Waals surface area contributed by atoms with Gasteiger partial charge in [-0.3, -0.25) is 14.5 Å². The third-order valence-corrected chi connectivity index (χ3v) is 7.39. The van der Waals surface area contributed by atoms with Crippen LogP contribution < -0.4 is 5.32 Å². The number of thiophene rings is 1. The molecule has 2 heterocycles. The highest BCUT2D eigenvalue weighted by atomic mass is 32.1. The van der Waals surface area contributed by atoms with Gasteiger partial charge in [-0.15, -0.1) is 11.3 Å². The topological polar surface area (TPSA) is 79.0 Å². The average molecular weight is 434 g/mol. The molecule has 3 aliphatic rings. The molecule has 1 N–H and O–H groups in total. The number of fused-ring (bicyclic) bond motifs is 1. The van der Waals surface area contributed by atoms with Crippen LogP contribution in [0.15, 0.2) is 0 Å². The third-order valence-electron chi connectivity index (χ3n) is 6.22. The van der Waals surface area contributed by atoms with Crippen molar-refractivity contribution in [3.8, 4) is 0 Å². The van der Waals surface area contributed by atoms with Gasteiger partial charge in [-0.25, -0.2) is 4.79 Å². The Morgan fingerprint density at radius 1 is 1.13 bits per heavy atom. The number of rotatable bonds is 6. The molecule has 1 aliphatic heterocycles. The van der Waals surface area contributed by atoms with Crippen LogP contribution in [-0.4, -0.2) is 66.9 Å². The zero-order chi connectivity index (χ0) is 21.3. The molecular formula is C22H31N3O4S. The Morgan fingerprint density at radius 3 is 2.53 bits per heavy atom. The van der Waals surface area contributed by atoms with Crippen molar-refractivity contribution in [2.24, 2.45) is 11.8 Å². The maximum Gasteiger partial charge on any atom is 0.341 e. The second kappa shape index (κ2) is 9.06. The van der Waals surface area contributed by atoms with Crippen LogP contribution in [0.2, 0.25) is 0 Å². The lowest BCUT2D eigenvalue weighted by molar-refractivity contribution is -0.134. The maximum atomic E-state index is 12.7. The Kier molecular flexibility index (Phi) is 6.43. The van der Waals surface area contributed by atoms with Crippen molar-refractivity contribution in [2.75, 3.05) is 44.6 Å². The molecule has 2 amide bonds. The number of esters is 1. The van der Waals surface area contributed by atoms with Crippen molar-refractivity contribution in [1.82, 2.24) is 9.80 Å². The first-order chi connectivity index (χ1) is 14.5. The van der Waals surface area contributed by atoms with Crippen LogP contribution >= 0.6 is 11.3 Å². The Morgan fingerprint density at radius 2 is 1.87 bits per heavy atom. The van der Waals surface area contributed by atoms with Gasteiger partial charge in [0.05, 0.1) is 18.7 Å². The van der Waals surface area contributed by atoms with Crippen LogP contribution in [0.3, 0.4) is 0 Å².